The molecule has 0 aliphatic heterocycles. The third-order valence-corrected chi connectivity index (χ3v) is 5.15. The van der Waals surface area contributed by atoms with Gasteiger partial charge < -0.3 is 4.74 Å². The Bertz CT molecular complexity index is 781. The van der Waals surface area contributed by atoms with E-state index in [2.05, 4.69) is 4.72 Å². The van der Waals surface area contributed by atoms with Crippen molar-refractivity contribution in [2.24, 2.45) is 0 Å². The third-order valence-electron chi connectivity index (χ3n) is 3.67. The fourth-order valence-electron chi connectivity index (χ4n) is 2.23. The molecule has 0 saturated heterocycles. The van der Waals surface area contributed by atoms with E-state index in [9.17, 15) is 13.2 Å². The van der Waals surface area contributed by atoms with Gasteiger partial charge in [0.2, 0.25) is 10.0 Å². The lowest BCUT2D eigenvalue weighted by Gasteiger charge is -2.08. The number of methoxy groups -OCH3 is 1. The Morgan fingerprint density at radius 3 is 2.21 bits per heavy atom. The number of ketones is 1. The number of ether oxygens (including phenoxy) is 1. The Kier molecular flexibility index (Phi) is 6.11. The zero-order valence-corrected chi connectivity index (χ0v) is 14.6. The van der Waals surface area contributed by atoms with Gasteiger partial charge in [-0.1, -0.05) is 31.2 Å². The van der Waals surface area contributed by atoms with Crippen LogP contribution in [0.3, 0.4) is 0 Å². The van der Waals surface area contributed by atoms with Crippen molar-refractivity contribution < 1.29 is 17.9 Å². The van der Waals surface area contributed by atoms with Crippen molar-refractivity contribution in [3.63, 3.8) is 0 Å². The van der Waals surface area contributed by atoms with Crippen molar-refractivity contribution in [1.82, 2.24) is 4.72 Å². The molecule has 0 unspecified atom stereocenters. The molecule has 1 N–H and O–H groups in total. The van der Waals surface area contributed by atoms with Crippen LogP contribution in [0.15, 0.2) is 53.4 Å². The summed E-state index contributed by atoms with van der Waals surface area (Å²) in [5.41, 5.74) is 1.65. The van der Waals surface area contributed by atoms with Gasteiger partial charge in [-0.05, 0) is 36.2 Å². The second-order valence-corrected chi connectivity index (χ2v) is 7.06. The van der Waals surface area contributed by atoms with Crippen LogP contribution in [-0.4, -0.2) is 27.9 Å². The summed E-state index contributed by atoms with van der Waals surface area (Å²) in [4.78, 5) is 11.8. The van der Waals surface area contributed by atoms with Crippen molar-refractivity contribution in [2.75, 3.05) is 13.7 Å². The van der Waals surface area contributed by atoms with E-state index < -0.39 is 10.0 Å². The van der Waals surface area contributed by atoms with Crippen LogP contribution >= 0.6 is 0 Å². The van der Waals surface area contributed by atoms with E-state index in [1.54, 1.807) is 24.3 Å². The number of nitrogens with one attached hydrogen (secondary N) is 1. The molecule has 2 rings (SSSR count). The maximum Gasteiger partial charge on any atom is 0.240 e. The maximum absolute atomic E-state index is 12.2. The predicted octanol–water partition coefficient (Wildman–Crippen LogP) is 2.81. The van der Waals surface area contributed by atoms with Crippen LogP contribution in [0.25, 0.3) is 0 Å². The van der Waals surface area contributed by atoms with Gasteiger partial charge in [0.15, 0.2) is 5.78 Å². The highest BCUT2D eigenvalue weighted by Crippen LogP contribution is 2.15. The lowest BCUT2D eigenvalue weighted by Crippen LogP contribution is -2.26. The number of carbonyl (C=O) groups is 1. The number of rotatable bonds is 8. The molecule has 0 amide bonds. The molecule has 0 aliphatic rings. The van der Waals surface area contributed by atoms with E-state index in [1.807, 2.05) is 19.1 Å². The smallest absolute Gasteiger partial charge is 0.240 e. The Labute approximate surface area is 142 Å². The largest absolute Gasteiger partial charge is 0.497 e. The third kappa shape index (κ3) is 4.66. The van der Waals surface area contributed by atoms with E-state index in [4.69, 9.17) is 4.74 Å². The summed E-state index contributed by atoms with van der Waals surface area (Å²) in [6.45, 7) is 2.11. The SMILES string of the molecule is CCC(=O)c1ccc(CCNS(=O)(=O)c2ccc(OC)cc2)cc1. The summed E-state index contributed by atoms with van der Waals surface area (Å²) in [7, 11) is -2.01. The second-order valence-electron chi connectivity index (χ2n) is 5.30. The number of benzene rings is 2. The first-order valence-electron chi connectivity index (χ1n) is 7.72. The first-order chi connectivity index (χ1) is 11.5. The molecule has 0 heterocycles. The van der Waals surface area contributed by atoms with Crippen molar-refractivity contribution in [2.45, 2.75) is 24.7 Å². The summed E-state index contributed by atoms with van der Waals surface area (Å²) in [6.07, 6.45) is 1.02. The Morgan fingerprint density at radius 1 is 1.04 bits per heavy atom. The second kappa shape index (κ2) is 8.08. The molecule has 0 bridgehead atoms. The molecule has 0 saturated carbocycles. The van der Waals surface area contributed by atoms with Gasteiger partial charge in [0.1, 0.15) is 5.75 Å². The lowest BCUT2D eigenvalue weighted by atomic mass is 10.1. The molecule has 5 nitrogen and oxygen atoms in total. The Hall–Kier alpha value is -2.18. The summed E-state index contributed by atoms with van der Waals surface area (Å²) in [6, 6.07) is 13.5. The quantitative estimate of drug-likeness (QED) is 0.745. The minimum atomic E-state index is -3.54. The van der Waals surface area contributed by atoms with Crippen LogP contribution in [0.5, 0.6) is 5.75 Å². The van der Waals surface area contributed by atoms with Crippen LogP contribution < -0.4 is 9.46 Å². The van der Waals surface area contributed by atoms with Gasteiger partial charge >= 0.3 is 0 Å². The first-order valence-corrected chi connectivity index (χ1v) is 9.20. The minimum absolute atomic E-state index is 0.0989. The van der Waals surface area contributed by atoms with Crippen LogP contribution in [0.1, 0.15) is 29.3 Å². The molecule has 24 heavy (non-hydrogen) atoms. The van der Waals surface area contributed by atoms with Crippen molar-refractivity contribution >= 4 is 15.8 Å². The zero-order valence-electron chi connectivity index (χ0n) is 13.8. The highest BCUT2D eigenvalue weighted by molar-refractivity contribution is 7.89. The van der Waals surface area contributed by atoms with Crippen LogP contribution in [-0.2, 0) is 16.4 Å². The molecule has 0 aliphatic carbocycles. The van der Waals surface area contributed by atoms with Crippen molar-refractivity contribution in [1.29, 1.82) is 0 Å². The number of Topliss-reactive ketones (excluding diaryl/α,β-unsaturated/α-hetero) is 1. The van der Waals surface area contributed by atoms with Gasteiger partial charge in [0.05, 0.1) is 12.0 Å². The lowest BCUT2D eigenvalue weighted by molar-refractivity contribution is 0.0988. The van der Waals surface area contributed by atoms with Crippen LogP contribution in [0.2, 0.25) is 0 Å². The highest BCUT2D eigenvalue weighted by Gasteiger charge is 2.13. The number of sulfonamides is 1. The fraction of sp³-hybridized carbons (Fsp3) is 0.278. The molecule has 0 fully saturated rings. The van der Waals surface area contributed by atoms with E-state index in [-0.39, 0.29) is 17.2 Å². The van der Waals surface area contributed by atoms with Gasteiger partial charge in [0, 0.05) is 18.5 Å². The van der Waals surface area contributed by atoms with Crippen molar-refractivity contribution in [3.8, 4) is 5.75 Å². The van der Waals surface area contributed by atoms with E-state index in [1.165, 1.54) is 19.2 Å². The predicted molar refractivity (Wildman–Crippen MR) is 93.0 cm³/mol. The molecule has 0 radical (unpaired) electrons. The van der Waals surface area contributed by atoms with Gasteiger partial charge in [-0.3, -0.25) is 4.79 Å². The summed E-state index contributed by atoms with van der Waals surface area (Å²) in [5.74, 6) is 0.706. The average Bonchev–Trinajstić information content (AvgIpc) is 2.61. The van der Waals surface area contributed by atoms with Gasteiger partial charge in [-0.25, -0.2) is 13.1 Å². The van der Waals surface area contributed by atoms with Crippen LogP contribution in [0, 0.1) is 0 Å². The monoisotopic (exact) mass is 347 g/mol. The number of hydrogen-bond donors (Lipinski definition) is 1. The van der Waals surface area contributed by atoms with E-state index in [0.717, 1.165) is 5.56 Å². The van der Waals surface area contributed by atoms with Gasteiger partial charge in [-0.15, -0.1) is 0 Å². The molecule has 128 valence electrons. The average molecular weight is 347 g/mol. The minimum Gasteiger partial charge on any atom is -0.497 e. The molecule has 0 atom stereocenters. The van der Waals surface area contributed by atoms with E-state index >= 15 is 0 Å². The topological polar surface area (TPSA) is 72.5 Å². The Balaban J connectivity index is 1.93. The molecule has 2 aromatic rings. The van der Waals surface area contributed by atoms with Crippen LogP contribution in [0.4, 0.5) is 0 Å². The summed E-state index contributed by atoms with van der Waals surface area (Å²) < 4.78 is 32.0. The fourth-order valence-corrected chi connectivity index (χ4v) is 3.26. The van der Waals surface area contributed by atoms with Gasteiger partial charge in [-0.2, -0.15) is 0 Å². The molecule has 0 spiro atoms. The molecule has 0 aromatic heterocycles. The first kappa shape index (κ1) is 18.2. The maximum atomic E-state index is 12.2. The molecular weight excluding hydrogens is 326 g/mol. The summed E-state index contributed by atoms with van der Waals surface area (Å²) >= 11 is 0. The summed E-state index contributed by atoms with van der Waals surface area (Å²) in [5, 5.41) is 0. The van der Waals surface area contributed by atoms with E-state index in [0.29, 0.717) is 24.2 Å². The number of carbonyl (C=O) groups excluding carboxylic acids is 1. The Morgan fingerprint density at radius 2 is 1.67 bits per heavy atom. The molecular formula is C18H21NO4S. The zero-order chi connectivity index (χ0) is 17.6. The molecule has 2 aromatic carbocycles. The molecule has 6 heteroatoms. The normalized spacial score (nSPS) is 11.2. The van der Waals surface area contributed by atoms with Crippen molar-refractivity contribution in [3.05, 3.63) is 59.7 Å². The number of hydrogen-bond acceptors (Lipinski definition) is 4. The highest BCUT2D eigenvalue weighted by atomic mass is 32.2. The standard InChI is InChI=1S/C18H21NO4S/c1-3-18(20)15-6-4-14(5-7-15)12-13-19-24(21,22)17-10-8-16(23-2)9-11-17/h4-11,19H,3,12-13H2,1-2H3. The van der Waals surface area contributed by atoms with Gasteiger partial charge in [0.25, 0.3) is 0 Å².